The van der Waals surface area contributed by atoms with Gasteiger partial charge in [-0.15, -0.1) is 0 Å². The molecule has 1 aliphatic heterocycles. The third-order valence-corrected chi connectivity index (χ3v) is 6.60. The van der Waals surface area contributed by atoms with Crippen LogP contribution in [0, 0.1) is 19.8 Å². The van der Waals surface area contributed by atoms with Gasteiger partial charge in [-0.2, -0.15) is 0 Å². The van der Waals surface area contributed by atoms with E-state index in [-0.39, 0.29) is 16.8 Å². The Balaban J connectivity index is 1.75. The molecule has 0 aliphatic carbocycles. The molecule has 27 heavy (non-hydrogen) atoms. The van der Waals surface area contributed by atoms with Crippen LogP contribution in [-0.4, -0.2) is 34.6 Å². The van der Waals surface area contributed by atoms with E-state index >= 15 is 0 Å². The number of aryl methyl sites for hydroxylation is 2. The van der Waals surface area contributed by atoms with E-state index in [1.165, 1.54) is 11.4 Å². The molecule has 2 aromatic carbocycles. The van der Waals surface area contributed by atoms with E-state index in [0.717, 1.165) is 11.1 Å². The molecule has 1 heterocycles. The third-order valence-electron chi connectivity index (χ3n) is 4.82. The molecule has 1 saturated heterocycles. The summed E-state index contributed by atoms with van der Waals surface area (Å²) < 4.78 is 37.5. The van der Waals surface area contributed by atoms with Gasteiger partial charge in [0.05, 0.1) is 23.1 Å². The lowest BCUT2D eigenvalue weighted by Crippen LogP contribution is -2.26. The van der Waals surface area contributed by atoms with Gasteiger partial charge < -0.3 is 9.47 Å². The summed E-state index contributed by atoms with van der Waals surface area (Å²) in [5, 5.41) is 0. The second-order valence-corrected chi connectivity index (χ2v) is 8.66. The van der Waals surface area contributed by atoms with Gasteiger partial charge in [0, 0.05) is 13.7 Å². The molecule has 1 atom stereocenters. The van der Waals surface area contributed by atoms with Crippen LogP contribution in [0.25, 0.3) is 0 Å². The molecule has 7 heteroatoms. The molecule has 2 aromatic rings. The van der Waals surface area contributed by atoms with Gasteiger partial charge in [-0.25, -0.2) is 8.42 Å². The number of sulfonamides is 1. The van der Waals surface area contributed by atoms with Crippen molar-refractivity contribution in [2.75, 3.05) is 24.6 Å². The van der Waals surface area contributed by atoms with Crippen LogP contribution in [-0.2, 0) is 19.6 Å². The van der Waals surface area contributed by atoms with Gasteiger partial charge >= 0.3 is 5.97 Å². The standard InChI is InChI=1S/C20H23NO5S/c1-14-4-9-19(12-15(14)2)27(23,24)21(3)17-5-7-18(8-6-17)26-20(22)16-10-11-25-13-16/h4-9,12,16H,10-11,13H2,1-3H3. The molecule has 0 bridgehead atoms. The summed E-state index contributed by atoms with van der Waals surface area (Å²) in [7, 11) is -2.17. The van der Waals surface area contributed by atoms with Crippen molar-refractivity contribution >= 4 is 21.7 Å². The second kappa shape index (κ2) is 7.70. The van der Waals surface area contributed by atoms with Gasteiger partial charge in [0.25, 0.3) is 10.0 Å². The number of carbonyl (C=O) groups excluding carboxylic acids is 1. The lowest BCUT2D eigenvalue weighted by Gasteiger charge is -2.20. The maximum absolute atomic E-state index is 12.9. The van der Waals surface area contributed by atoms with Gasteiger partial charge in [-0.1, -0.05) is 6.07 Å². The van der Waals surface area contributed by atoms with E-state index in [2.05, 4.69) is 0 Å². The average Bonchev–Trinajstić information content (AvgIpc) is 3.19. The van der Waals surface area contributed by atoms with Crippen molar-refractivity contribution in [2.45, 2.75) is 25.2 Å². The van der Waals surface area contributed by atoms with Gasteiger partial charge in [0.15, 0.2) is 0 Å². The Bertz CT molecular complexity index is 931. The summed E-state index contributed by atoms with van der Waals surface area (Å²) in [6.07, 6.45) is 0.661. The minimum atomic E-state index is -3.67. The fraction of sp³-hybridized carbons (Fsp3) is 0.350. The van der Waals surface area contributed by atoms with Crippen molar-refractivity contribution < 1.29 is 22.7 Å². The Hall–Kier alpha value is -2.38. The van der Waals surface area contributed by atoms with Gasteiger partial charge in [0.2, 0.25) is 0 Å². The molecule has 1 aliphatic rings. The molecule has 0 aromatic heterocycles. The summed E-state index contributed by atoms with van der Waals surface area (Å²) in [5.74, 6) is -0.179. The number of esters is 1. The molecular weight excluding hydrogens is 366 g/mol. The lowest BCUT2D eigenvalue weighted by atomic mass is 10.1. The van der Waals surface area contributed by atoms with Crippen LogP contribution in [0.2, 0.25) is 0 Å². The molecule has 0 spiro atoms. The van der Waals surface area contributed by atoms with E-state index in [0.29, 0.717) is 31.1 Å². The van der Waals surface area contributed by atoms with Crippen molar-refractivity contribution in [1.29, 1.82) is 0 Å². The van der Waals surface area contributed by atoms with Gasteiger partial charge in [0.1, 0.15) is 5.75 Å². The minimum absolute atomic E-state index is 0.238. The topological polar surface area (TPSA) is 72.9 Å². The lowest BCUT2D eigenvalue weighted by molar-refractivity contribution is -0.138. The van der Waals surface area contributed by atoms with Gasteiger partial charge in [-0.05, 0) is 67.8 Å². The first kappa shape index (κ1) is 19.4. The molecule has 0 saturated carbocycles. The van der Waals surface area contributed by atoms with E-state index < -0.39 is 10.0 Å². The zero-order valence-corrected chi connectivity index (χ0v) is 16.5. The van der Waals surface area contributed by atoms with E-state index in [1.807, 2.05) is 13.8 Å². The third kappa shape index (κ3) is 4.14. The SMILES string of the molecule is Cc1ccc(S(=O)(=O)N(C)c2ccc(OC(=O)C3CCOC3)cc2)cc1C. The highest BCUT2D eigenvalue weighted by Gasteiger charge is 2.26. The van der Waals surface area contributed by atoms with Crippen LogP contribution < -0.4 is 9.04 Å². The molecule has 1 fully saturated rings. The van der Waals surface area contributed by atoms with Gasteiger partial charge in [-0.3, -0.25) is 9.10 Å². The zero-order chi connectivity index (χ0) is 19.6. The molecule has 144 valence electrons. The summed E-state index contributed by atoms with van der Waals surface area (Å²) in [5.41, 5.74) is 2.44. The zero-order valence-electron chi connectivity index (χ0n) is 15.6. The van der Waals surface area contributed by atoms with E-state index in [1.54, 1.807) is 42.5 Å². The highest BCUT2D eigenvalue weighted by molar-refractivity contribution is 7.92. The highest BCUT2D eigenvalue weighted by Crippen LogP contribution is 2.26. The van der Waals surface area contributed by atoms with Crippen LogP contribution in [0.3, 0.4) is 0 Å². The Morgan fingerprint density at radius 3 is 2.41 bits per heavy atom. The first-order chi connectivity index (χ1) is 12.8. The fourth-order valence-corrected chi connectivity index (χ4v) is 4.10. The summed E-state index contributed by atoms with van der Waals surface area (Å²) >= 11 is 0. The van der Waals surface area contributed by atoms with Crippen molar-refractivity contribution in [3.05, 3.63) is 53.6 Å². The number of hydrogen-bond donors (Lipinski definition) is 0. The number of hydrogen-bond acceptors (Lipinski definition) is 5. The average molecular weight is 389 g/mol. The number of rotatable bonds is 5. The molecule has 1 unspecified atom stereocenters. The van der Waals surface area contributed by atoms with Crippen molar-refractivity contribution in [1.82, 2.24) is 0 Å². The first-order valence-electron chi connectivity index (χ1n) is 8.75. The molecule has 6 nitrogen and oxygen atoms in total. The maximum atomic E-state index is 12.9. The number of benzene rings is 2. The largest absolute Gasteiger partial charge is 0.426 e. The Morgan fingerprint density at radius 1 is 1.11 bits per heavy atom. The Labute approximate surface area is 159 Å². The van der Waals surface area contributed by atoms with Crippen molar-refractivity contribution in [2.24, 2.45) is 5.92 Å². The van der Waals surface area contributed by atoms with Crippen molar-refractivity contribution in [3.63, 3.8) is 0 Å². The summed E-state index contributed by atoms with van der Waals surface area (Å²) in [4.78, 5) is 12.3. The molecule has 3 rings (SSSR count). The monoisotopic (exact) mass is 389 g/mol. The second-order valence-electron chi connectivity index (χ2n) is 6.69. The maximum Gasteiger partial charge on any atom is 0.316 e. The molecular formula is C20H23NO5S. The fourth-order valence-electron chi connectivity index (χ4n) is 2.82. The Kier molecular flexibility index (Phi) is 5.53. The molecule has 0 amide bonds. The van der Waals surface area contributed by atoms with Crippen LogP contribution in [0.1, 0.15) is 17.5 Å². The molecule has 0 radical (unpaired) electrons. The summed E-state index contributed by atoms with van der Waals surface area (Å²) in [6.45, 7) is 4.77. The first-order valence-corrected chi connectivity index (χ1v) is 10.2. The smallest absolute Gasteiger partial charge is 0.316 e. The quantitative estimate of drug-likeness (QED) is 0.580. The highest BCUT2D eigenvalue weighted by atomic mass is 32.2. The van der Waals surface area contributed by atoms with Crippen LogP contribution in [0.4, 0.5) is 5.69 Å². The number of nitrogens with zero attached hydrogens (tertiary/aromatic N) is 1. The van der Waals surface area contributed by atoms with Crippen molar-refractivity contribution in [3.8, 4) is 5.75 Å². The number of carbonyl (C=O) groups is 1. The Morgan fingerprint density at radius 2 is 1.81 bits per heavy atom. The summed E-state index contributed by atoms with van der Waals surface area (Å²) in [6, 6.07) is 11.5. The number of ether oxygens (including phenoxy) is 2. The molecule has 0 N–H and O–H groups in total. The van der Waals surface area contributed by atoms with Crippen LogP contribution in [0.15, 0.2) is 47.4 Å². The van der Waals surface area contributed by atoms with E-state index in [4.69, 9.17) is 9.47 Å². The predicted octanol–water partition coefficient (Wildman–Crippen LogP) is 3.07. The predicted molar refractivity (Wildman–Crippen MR) is 103 cm³/mol. The van der Waals surface area contributed by atoms with Crippen LogP contribution in [0.5, 0.6) is 5.75 Å². The van der Waals surface area contributed by atoms with Crippen LogP contribution >= 0.6 is 0 Å². The van der Waals surface area contributed by atoms with E-state index in [9.17, 15) is 13.2 Å². The number of anilines is 1. The minimum Gasteiger partial charge on any atom is -0.426 e. The normalized spacial score (nSPS) is 16.9.